The molecule has 1 N–H and O–H groups in total. The Morgan fingerprint density at radius 2 is 1.95 bits per heavy atom. The van der Waals surface area contributed by atoms with Crippen LogP contribution in [0.4, 0.5) is 14.6 Å². The Morgan fingerprint density at radius 3 is 2.63 bits per heavy atom. The molecule has 0 atom stereocenters. The van der Waals surface area contributed by atoms with Gasteiger partial charge >= 0.3 is 0 Å². The summed E-state index contributed by atoms with van der Waals surface area (Å²) in [5.74, 6) is -0.126. The molecule has 3 nitrogen and oxygen atoms in total. The van der Waals surface area contributed by atoms with Gasteiger partial charge in [-0.3, -0.25) is 0 Å². The highest BCUT2D eigenvalue weighted by Crippen LogP contribution is 2.20. The third kappa shape index (κ3) is 3.17. The maximum Gasteiger partial charge on any atom is 0.137 e. The van der Waals surface area contributed by atoms with E-state index in [0.717, 1.165) is 6.07 Å². The van der Waals surface area contributed by atoms with Gasteiger partial charge in [0.05, 0.1) is 0 Å². The molecule has 0 saturated heterocycles. The van der Waals surface area contributed by atoms with Gasteiger partial charge in [0.15, 0.2) is 0 Å². The molecule has 6 heteroatoms. The maximum atomic E-state index is 13.5. The number of nitrogens with one attached hydrogen (secondary N) is 1. The van der Waals surface area contributed by atoms with Gasteiger partial charge in [-0.05, 0) is 19.9 Å². The van der Waals surface area contributed by atoms with Gasteiger partial charge in [0.2, 0.25) is 0 Å². The Hall–Kier alpha value is -1.75. The molecular weight excluding hydrogens is 272 g/mol. The predicted octanol–water partition coefficient (Wildman–Crippen LogP) is 3.64. The molecule has 1 aromatic heterocycles. The summed E-state index contributed by atoms with van der Waals surface area (Å²) in [5, 5.41) is 3.33. The van der Waals surface area contributed by atoms with Crippen LogP contribution in [0.2, 0.25) is 5.15 Å². The minimum absolute atomic E-state index is 0.194. The number of hydrogen-bond acceptors (Lipinski definition) is 3. The second kappa shape index (κ2) is 5.48. The second-order valence-electron chi connectivity index (χ2n) is 4.12. The summed E-state index contributed by atoms with van der Waals surface area (Å²) in [7, 11) is 0. The lowest BCUT2D eigenvalue weighted by molar-refractivity contribution is 0.574. The van der Waals surface area contributed by atoms with E-state index in [1.165, 1.54) is 12.1 Å². The van der Waals surface area contributed by atoms with Crippen LogP contribution in [0, 0.1) is 25.5 Å². The van der Waals surface area contributed by atoms with Crippen molar-refractivity contribution in [1.29, 1.82) is 0 Å². The fourth-order valence-corrected chi connectivity index (χ4v) is 1.82. The molecule has 0 unspecified atom stereocenters. The van der Waals surface area contributed by atoms with Crippen molar-refractivity contribution >= 4 is 17.4 Å². The fraction of sp³-hybridized carbons (Fsp3) is 0.231. The predicted molar refractivity (Wildman–Crippen MR) is 70.2 cm³/mol. The Balaban J connectivity index is 2.19. The molecular formula is C13H12ClF2N3. The molecule has 0 aliphatic heterocycles. The molecule has 0 spiro atoms. The highest BCUT2D eigenvalue weighted by molar-refractivity contribution is 6.30. The minimum atomic E-state index is -0.599. The van der Waals surface area contributed by atoms with E-state index in [1.54, 1.807) is 13.8 Å². The third-order valence-electron chi connectivity index (χ3n) is 2.66. The zero-order valence-electron chi connectivity index (χ0n) is 10.5. The van der Waals surface area contributed by atoms with Crippen LogP contribution in [0.3, 0.4) is 0 Å². The number of aryl methyl sites for hydroxylation is 1. The van der Waals surface area contributed by atoms with E-state index in [2.05, 4.69) is 15.3 Å². The van der Waals surface area contributed by atoms with Gasteiger partial charge in [-0.2, -0.15) is 0 Å². The average molecular weight is 284 g/mol. The normalized spacial score (nSPS) is 10.6. The molecule has 19 heavy (non-hydrogen) atoms. The number of aromatic nitrogens is 2. The standard InChI is InChI=1S/C13H12ClF2N3/c1-7-12(14)18-8(2)19-13(7)17-6-9-3-4-10(15)5-11(9)16/h3-5H,6H2,1-2H3,(H,17,18,19). The van der Waals surface area contributed by atoms with Crippen LogP contribution >= 0.6 is 11.6 Å². The lowest BCUT2D eigenvalue weighted by atomic mass is 10.2. The molecule has 0 aliphatic carbocycles. The number of nitrogens with zero attached hydrogens (tertiary/aromatic N) is 2. The first-order valence-electron chi connectivity index (χ1n) is 5.66. The lowest BCUT2D eigenvalue weighted by Gasteiger charge is -2.10. The van der Waals surface area contributed by atoms with Crippen molar-refractivity contribution in [3.05, 3.63) is 51.9 Å². The van der Waals surface area contributed by atoms with Gasteiger partial charge in [0, 0.05) is 23.7 Å². The first-order chi connectivity index (χ1) is 8.97. The number of halogens is 3. The summed E-state index contributed by atoms with van der Waals surface area (Å²) < 4.78 is 26.3. The SMILES string of the molecule is Cc1nc(Cl)c(C)c(NCc2ccc(F)cc2F)n1. The summed E-state index contributed by atoms with van der Waals surface area (Å²) >= 11 is 5.94. The number of hydrogen-bond donors (Lipinski definition) is 1. The smallest absolute Gasteiger partial charge is 0.137 e. The highest BCUT2D eigenvalue weighted by Gasteiger charge is 2.09. The van der Waals surface area contributed by atoms with E-state index in [1.807, 2.05) is 0 Å². The molecule has 0 radical (unpaired) electrons. The third-order valence-corrected chi connectivity index (χ3v) is 3.03. The lowest BCUT2D eigenvalue weighted by Crippen LogP contribution is -2.07. The first-order valence-corrected chi connectivity index (χ1v) is 6.03. The van der Waals surface area contributed by atoms with E-state index in [9.17, 15) is 8.78 Å². The van der Waals surface area contributed by atoms with Crippen molar-refractivity contribution in [3.63, 3.8) is 0 Å². The summed E-state index contributed by atoms with van der Waals surface area (Å²) in [6.45, 7) is 3.68. The zero-order valence-corrected chi connectivity index (χ0v) is 11.2. The van der Waals surface area contributed by atoms with Crippen molar-refractivity contribution in [2.45, 2.75) is 20.4 Å². The molecule has 2 rings (SSSR count). The van der Waals surface area contributed by atoms with Crippen molar-refractivity contribution in [1.82, 2.24) is 9.97 Å². The highest BCUT2D eigenvalue weighted by atomic mass is 35.5. The molecule has 1 aromatic carbocycles. The molecule has 1 heterocycles. The van der Waals surface area contributed by atoms with E-state index in [0.29, 0.717) is 27.9 Å². The maximum absolute atomic E-state index is 13.5. The van der Waals surface area contributed by atoms with E-state index >= 15 is 0 Å². The summed E-state index contributed by atoms with van der Waals surface area (Å²) in [4.78, 5) is 8.20. The molecule has 2 aromatic rings. The summed E-state index contributed by atoms with van der Waals surface area (Å²) in [5.41, 5.74) is 1.04. The average Bonchev–Trinajstić information content (AvgIpc) is 2.33. The molecule has 0 amide bonds. The van der Waals surface area contributed by atoms with Crippen LogP contribution in [0.25, 0.3) is 0 Å². The Morgan fingerprint density at radius 1 is 1.21 bits per heavy atom. The first kappa shape index (κ1) is 13.7. The number of rotatable bonds is 3. The number of benzene rings is 1. The Labute approximate surface area is 114 Å². The largest absolute Gasteiger partial charge is 0.366 e. The van der Waals surface area contributed by atoms with Gasteiger partial charge in [0.1, 0.15) is 28.4 Å². The van der Waals surface area contributed by atoms with Gasteiger partial charge in [-0.15, -0.1) is 0 Å². The molecule has 100 valence electrons. The fourth-order valence-electron chi connectivity index (χ4n) is 1.61. The van der Waals surface area contributed by atoms with Gasteiger partial charge < -0.3 is 5.32 Å². The van der Waals surface area contributed by atoms with Gasteiger partial charge in [-0.1, -0.05) is 17.7 Å². The quantitative estimate of drug-likeness (QED) is 0.874. The number of anilines is 1. The van der Waals surface area contributed by atoms with Crippen LogP contribution < -0.4 is 5.32 Å². The molecule has 0 saturated carbocycles. The van der Waals surface area contributed by atoms with Crippen molar-refractivity contribution in [3.8, 4) is 0 Å². The van der Waals surface area contributed by atoms with Crippen molar-refractivity contribution in [2.75, 3.05) is 5.32 Å². The van der Waals surface area contributed by atoms with Crippen molar-refractivity contribution < 1.29 is 8.78 Å². The van der Waals surface area contributed by atoms with Crippen LogP contribution in [0.1, 0.15) is 17.0 Å². The summed E-state index contributed by atoms with van der Waals surface area (Å²) in [6.07, 6.45) is 0. The van der Waals surface area contributed by atoms with Crippen LogP contribution in [0.15, 0.2) is 18.2 Å². The monoisotopic (exact) mass is 283 g/mol. The molecule has 0 fully saturated rings. The van der Waals surface area contributed by atoms with Crippen molar-refractivity contribution in [2.24, 2.45) is 0 Å². The topological polar surface area (TPSA) is 37.8 Å². The Bertz CT molecular complexity index is 617. The molecule has 0 aliphatic rings. The van der Waals surface area contributed by atoms with E-state index in [4.69, 9.17) is 11.6 Å². The van der Waals surface area contributed by atoms with Gasteiger partial charge in [0.25, 0.3) is 0 Å². The van der Waals surface area contributed by atoms with E-state index in [-0.39, 0.29) is 6.54 Å². The van der Waals surface area contributed by atoms with Crippen LogP contribution in [-0.2, 0) is 6.54 Å². The zero-order chi connectivity index (χ0) is 14.0. The summed E-state index contributed by atoms with van der Waals surface area (Å²) in [6, 6.07) is 3.45. The van der Waals surface area contributed by atoms with Gasteiger partial charge in [-0.25, -0.2) is 18.7 Å². The van der Waals surface area contributed by atoms with Crippen LogP contribution in [0.5, 0.6) is 0 Å². The van der Waals surface area contributed by atoms with E-state index < -0.39 is 11.6 Å². The molecule has 0 bridgehead atoms. The Kier molecular flexibility index (Phi) is 3.95. The second-order valence-corrected chi connectivity index (χ2v) is 4.48. The van der Waals surface area contributed by atoms with Crippen LogP contribution in [-0.4, -0.2) is 9.97 Å². The minimum Gasteiger partial charge on any atom is -0.366 e.